The molecule has 4 aliphatic carbocycles. The molecule has 1 aromatic carbocycles. The number of carbonyl (C=O) groups excluding carboxylic acids is 2. The van der Waals surface area contributed by atoms with Crippen LogP contribution in [0.1, 0.15) is 129 Å². The Morgan fingerprint density at radius 2 is 1.57 bits per heavy atom. The van der Waals surface area contributed by atoms with Crippen LogP contribution in [0, 0.1) is 46.3 Å². The first-order valence-corrected chi connectivity index (χ1v) is 19.3. The summed E-state index contributed by atoms with van der Waals surface area (Å²) in [5.74, 6) is 4.67. The summed E-state index contributed by atoms with van der Waals surface area (Å²) in [5.41, 5.74) is 4.31. The second-order valence-corrected chi connectivity index (χ2v) is 16.8. The number of fused-ring (bicyclic) bond motifs is 5. The van der Waals surface area contributed by atoms with Crippen molar-refractivity contribution < 1.29 is 19.1 Å². The first kappa shape index (κ1) is 35.6. The number of hydrogen-bond acceptors (Lipinski definition) is 5. The third-order valence-electron chi connectivity index (χ3n) is 13.4. The number of nitrogens with zero attached hydrogens (tertiary/aromatic N) is 1. The summed E-state index contributed by atoms with van der Waals surface area (Å²) in [5, 5.41) is 0. The lowest BCUT2D eigenvalue weighted by Gasteiger charge is -2.58. The Morgan fingerprint density at radius 3 is 2.31 bits per heavy atom. The summed E-state index contributed by atoms with van der Waals surface area (Å²) in [4.78, 5) is 29.4. The minimum atomic E-state index is -0.419. The van der Waals surface area contributed by atoms with Crippen LogP contribution in [0.4, 0.5) is 0 Å². The molecule has 1 heterocycles. The van der Waals surface area contributed by atoms with Gasteiger partial charge >= 0.3 is 11.9 Å². The average Bonchev–Trinajstić information content (AvgIpc) is 3.45. The molecular formula is C44H59NO4. The van der Waals surface area contributed by atoms with Crippen LogP contribution in [0.15, 0.2) is 60.4 Å². The van der Waals surface area contributed by atoms with Gasteiger partial charge in [0.1, 0.15) is 11.9 Å². The normalized spacial score (nSPS) is 31.4. The smallest absolute Gasteiger partial charge is 0.311 e. The van der Waals surface area contributed by atoms with Gasteiger partial charge in [-0.25, -0.2) is 0 Å². The van der Waals surface area contributed by atoms with Crippen molar-refractivity contribution in [2.24, 2.45) is 46.3 Å². The summed E-state index contributed by atoms with van der Waals surface area (Å²) in [7, 11) is 0. The van der Waals surface area contributed by atoms with Gasteiger partial charge in [0.05, 0.1) is 12.8 Å². The molecule has 49 heavy (non-hydrogen) atoms. The van der Waals surface area contributed by atoms with Crippen molar-refractivity contribution in [2.45, 2.75) is 124 Å². The molecule has 8 atom stereocenters. The lowest BCUT2D eigenvalue weighted by atomic mass is 9.47. The molecule has 0 aliphatic heterocycles. The number of aromatic nitrogens is 1. The number of ether oxygens (including phenoxy) is 2. The zero-order valence-electron chi connectivity index (χ0n) is 30.7. The highest BCUT2D eigenvalue weighted by Gasteiger charge is 2.59. The molecule has 3 saturated carbocycles. The van der Waals surface area contributed by atoms with Crippen LogP contribution < -0.4 is 4.74 Å². The molecule has 5 nitrogen and oxygen atoms in total. The van der Waals surface area contributed by atoms with Gasteiger partial charge in [0.25, 0.3) is 0 Å². The fourth-order valence-electron chi connectivity index (χ4n) is 10.7. The molecule has 0 amide bonds. The Labute approximate surface area is 295 Å². The Balaban J connectivity index is 0.966. The summed E-state index contributed by atoms with van der Waals surface area (Å²) in [6, 6.07) is 11.2. The van der Waals surface area contributed by atoms with Gasteiger partial charge in [-0.15, -0.1) is 0 Å². The summed E-state index contributed by atoms with van der Waals surface area (Å²) >= 11 is 0. The highest BCUT2D eigenvalue weighted by molar-refractivity contribution is 5.79. The van der Waals surface area contributed by atoms with E-state index in [1.807, 2.05) is 36.4 Å². The topological polar surface area (TPSA) is 65.5 Å². The van der Waals surface area contributed by atoms with E-state index in [1.165, 1.54) is 56.9 Å². The number of rotatable bonds is 12. The van der Waals surface area contributed by atoms with Gasteiger partial charge in [0, 0.05) is 18.8 Å². The van der Waals surface area contributed by atoms with E-state index in [0.29, 0.717) is 11.2 Å². The first-order valence-electron chi connectivity index (χ1n) is 19.3. The quantitative estimate of drug-likeness (QED) is 0.128. The molecule has 264 valence electrons. The van der Waals surface area contributed by atoms with Crippen LogP contribution in [-0.4, -0.2) is 23.0 Å². The van der Waals surface area contributed by atoms with E-state index in [4.69, 9.17) is 9.47 Å². The van der Waals surface area contributed by atoms with E-state index in [-0.39, 0.29) is 30.3 Å². The van der Waals surface area contributed by atoms with Crippen molar-refractivity contribution >= 4 is 24.1 Å². The maximum Gasteiger partial charge on any atom is 0.311 e. The summed E-state index contributed by atoms with van der Waals surface area (Å²) < 4.78 is 11.5. The van der Waals surface area contributed by atoms with Gasteiger partial charge in [-0.2, -0.15) is 0 Å². The highest BCUT2D eigenvalue weighted by Crippen LogP contribution is 2.67. The fraction of sp³-hybridized carbons (Fsp3) is 0.614. The van der Waals surface area contributed by atoms with Gasteiger partial charge in [-0.1, -0.05) is 89.8 Å². The van der Waals surface area contributed by atoms with Crippen LogP contribution in [-0.2, 0) is 14.3 Å². The minimum absolute atomic E-state index is 0.0108. The molecule has 0 unspecified atom stereocenters. The molecule has 1 aromatic heterocycles. The van der Waals surface area contributed by atoms with Crippen molar-refractivity contribution in [3.8, 4) is 5.75 Å². The Hall–Kier alpha value is -3.21. The van der Waals surface area contributed by atoms with Crippen molar-refractivity contribution in [3.63, 3.8) is 0 Å². The van der Waals surface area contributed by atoms with E-state index in [0.717, 1.165) is 65.9 Å². The van der Waals surface area contributed by atoms with Crippen LogP contribution in [0.2, 0.25) is 0 Å². The summed E-state index contributed by atoms with van der Waals surface area (Å²) in [6.45, 7) is 12.5. The monoisotopic (exact) mass is 665 g/mol. The van der Waals surface area contributed by atoms with E-state index in [9.17, 15) is 9.59 Å². The van der Waals surface area contributed by atoms with E-state index in [2.05, 4.69) is 45.7 Å². The van der Waals surface area contributed by atoms with Gasteiger partial charge in [0.15, 0.2) is 0 Å². The maximum absolute atomic E-state index is 12.9. The van der Waals surface area contributed by atoms with Crippen LogP contribution in [0.25, 0.3) is 12.2 Å². The highest BCUT2D eigenvalue weighted by atomic mass is 16.5. The number of pyridine rings is 1. The van der Waals surface area contributed by atoms with Gasteiger partial charge in [-0.05, 0) is 127 Å². The zero-order chi connectivity index (χ0) is 34.6. The molecule has 0 N–H and O–H groups in total. The van der Waals surface area contributed by atoms with E-state index in [1.54, 1.807) is 24.5 Å². The van der Waals surface area contributed by atoms with Gasteiger partial charge in [0.2, 0.25) is 0 Å². The Bertz CT molecular complexity index is 1490. The van der Waals surface area contributed by atoms with Crippen molar-refractivity contribution in [3.05, 3.63) is 71.6 Å². The molecule has 0 bridgehead atoms. The van der Waals surface area contributed by atoms with Crippen LogP contribution in [0.5, 0.6) is 5.75 Å². The number of carbonyl (C=O) groups is 2. The van der Waals surface area contributed by atoms with E-state index < -0.39 is 5.97 Å². The molecule has 6 rings (SSSR count). The van der Waals surface area contributed by atoms with Gasteiger partial charge < -0.3 is 9.47 Å². The number of hydrogen-bond donors (Lipinski definition) is 0. The second kappa shape index (κ2) is 15.4. The molecule has 3 fully saturated rings. The second-order valence-electron chi connectivity index (χ2n) is 16.8. The third-order valence-corrected chi connectivity index (χ3v) is 13.4. The van der Waals surface area contributed by atoms with Crippen LogP contribution >= 0.6 is 0 Å². The molecular weight excluding hydrogens is 606 g/mol. The SMILES string of the molecule is CC(C)CCC[C@@H](C)[C@H]1CC[C@H]2[C@@H]3CC=C4C[C@@H](OC(=O)CCC(=O)Oc5ccc(/C=C/c6ccncc6)cc5)CC[C@]4(C)[C@H]3CC[C@]12C. The predicted octanol–water partition coefficient (Wildman–Crippen LogP) is 10.9. The van der Waals surface area contributed by atoms with Crippen molar-refractivity contribution in [1.29, 1.82) is 0 Å². The summed E-state index contributed by atoms with van der Waals surface area (Å²) in [6.07, 6.45) is 23.8. The number of allylic oxidation sites excluding steroid dienone is 1. The van der Waals surface area contributed by atoms with Gasteiger partial charge in [-0.3, -0.25) is 14.6 Å². The molecule has 2 aromatic rings. The van der Waals surface area contributed by atoms with E-state index >= 15 is 0 Å². The zero-order valence-corrected chi connectivity index (χ0v) is 30.7. The number of esters is 2. The van der Waals surface area contributed by atoms with Crippen molar-refractivity contribution in [2.75, 3.05) is 0 Å². The number of benzene rings is 1. The largest absolute Gasteiger partial charge is 0.462 e. The average molecular weight is 666 g/mol. The van der Waals surface area contributed by atoms with Crippen LogP contribution in [0.3, 0.4) is 0 Å². The lowest BCUT2D eigenvalue weighted by Crippen LogP contribution is -2.51. The molecule has 0 saturated heterocycles. The standard InChI is InChI=1S/C44H59NO4/c1-30(2)7-6-8-31(3)38-17-18-39-37-16-13-34-29-36(21-25-43(34,4)40(37)22-26-44(38,39)5)49-42(47)20-19-41(46)48-35-14-11-32(12-15-35)9-10-33-23-27-45-28-24-33/h9-15,23-24,27-28,30-31,36-40H,6-8,16-22,25-26,29H2,1-5H3/b10-9+/t31-,36+,37+,38-,39+,40+,43+,44-/m1/s1. The maximum atomic E-state index is 12.9. The third kappa shape index (κ3) is 8.07. The lowest BCUT2D eigenvalue weighted by molar-refractivity contribution is -0.153. The molecule has 4 aliphatic rings. The molecule has 0 radical (unpaired) electrons. The fourth-order valence-corrected chi connectivity index (χ4v) is 10.7. The van der Waals surface area contributed by atoms with Crippen molar-refractivity contribution in [1.82, 2.24) is 4.98 Å². The Kier molecular flexibility index (Phi) is 11.2. The molecule has 0 spiro atoms. The first-order chi connectivity index (χ1) is 23.5. The minimum Gasteiger partial charge on any atom is -0.462 e. The molecule has 5 heteroatoms. The Morgan fingerprint density at radius 1 is 0.857 bits per heavy atom. The predicted molar refractivity (Wildman–Crippen MR) is 197 cm³/mol.